The third-order valence-electron chi connectivity index (χ3n) is 3.30. The Kier molecular flexibility index (Phi) is 4.46. The van der Waals surface area contributed by atoms with Crippen LogP contribution in [0.2, 0.25) is 0 Å². The molecule has 0 aromatic carbocycles. The molecule has 1 aliphatic heterocycles. The van der Waals surface area contributed by atoms with Gasteiger partial charge in [0.15, 0.2) is 5.69 Å². The molecule has 13 heteroatoms. The molecule has 0 fully saturated rings. The summed E-state index contributed by atoms with van der Waals surface area (Å²) >= 11 is 2.68. The number of amides is 1. The standard InChI is InChI=1S/C11H9BrF6N4O2/c1-5-7(12)8(10(13,14)15)20-21(5)4-6(23)22-9(24,2-3-19-22)11(16,17)18/h3,24H,2,4H2,1H3. The molecular weight excluding hydrogens is 414 g/mol. The zero-order chi connectivity index (χ0) is 18.5. The van der Waals surface area contributed by atoms with Gasteiger partial charge >= 0.3 is 12.4 Å². The third-order valence-corrected chi connectivity index (χ3v) is 4.25. The number of hydrogen-bond acceptors (Lipinski definition) is 4. The van der Waals surface area contributed by atoms with Crippen LogP contribution < -0.4 is 0 Å². The van der Waals surface area contributed by atoms with Crippen molar-refractivity contribution in [3.8, 4) is 0 Å². The number of rotatable bonds is 2. The minimum Gasteiger partial charge on any atom is -0.362 e. The Labute approximate surface area is 138 Å². The summed E-state index contributed by atoms with van der Waals surface area (Å²) in [6, 6.07) is 0. The number of aliphatic hydroxyl groups is 1. The summed E-state index contributed by atoms with van der Waals surface area (Å²) < 4.78 is 77.1. The Bertz CT molecular complexity index is 698. The van der Waals surface area contributed by atoms with Crippen LogP contribution in [-0.4, -0.2) is 43.9 Å². The normalized spacial score (nSPS) is 21.6. The highest BCUT2D eigenvalue weighted by Gasteiger charge is 2.61. The van der Waals surface area contributed by atoms with Crippen LogP contribution in [0, 0.1) is 6.92 Å². The minimum atomic E-state index is -5.18. The smallest absolute Gasteiger partial charge is 0.362 e. The molecule has 1 aliphatic rings. The summed E-state index contributed by atoms with van der Waals surface area (Å²) in [7, 11) is 0. The molecule has 0 saturated carbocycles. The molecule has 1 unspecified atom stereocenters. The second kappa shape index (κ2) is 5.72. The fraction of sp³-hybridized carbons (Fsp3) is 0.545. The van der Waals surface area contributed by atoms with Crippen molar-refractivity contribution in [2.75, 3.05) is 0 Å². The largest absolute Gasteiger partial charge is 0.438 e. The highest BCUT2D eigenvalue weighted by Crippen LogP contribution is 2.39. The van der Waals surface area contributed by atoms with E-state index in [4.69, 9.17) is 0 Å². The number of aromatic nitrogens is 2. The molecule has 1 atom stereocenters. The van der Waals surface area contributed by atoms with Crippen molar-refractivity contribution in [1.82, 2.24) is 14.8 Å². The fourth-order valence-electron chi connectivity index (χ4n) is 1.99. The molecule has 1 amide bonds. The molecular formula is C11H9BrF6N4O2. The number of alkyl halides is 6. The monoisotopic (exact) mass is 422 g/mol. The Morgan fingerprint density at radius 1 is 1.38 bits per heavy atom. The van der Waals surface area contributed by atoms with Gasteiger partial charge in [0.1, 0.15) is 6.54 Å². The topological polar surface area (TPSA) is 70.7 Å². The zero-order valence-electron chi connectivity index (χ0n) is 11.8. The van der Waals surface area contributed by atoms with E-state index in [1.54, 1.807) is 0 Å². The molecule has 2 rings (SSSR count). The van der Waals surface area contributed by atoms with E-state index in [2.05, 4.69) is 26.1 Å². The van der Waals surface area contributed by atoms with Crippen LogP contribution in [0.5, 0.6) is 0 Å². The van der Waals surface area contributed by atoms with Gasteiger partial charge in [0.25, 0.3) is 11.6 Å². The Balaban J connectivity index is 2.30. The summed E-state index contributed by atoms with van der Waals surface area (Å²) in [4.78, 5) is 12.0. The van der Waals surface area contributed by atoms with E-state index in [1.807, 2.05) is 0 Å². The Morgan fingerprint density at radius 3 is 2.42 bits per heavy atom. The third kappa shape index (κ3) is 3.01. The molecule has 0 spiro atoms. The van der Waals surface area contributed by atoms with E-state index in [0.29, 0.717) is 10.9 Å². The van der Waals surface area contributed by atoms with Crippen molar-refractivity contribution < 1.29 is 36.2 Å². The summed E-state index contributed by atoms with van der Waals surface area (Å²) in [5.74, 6) is -1.37. The van der Waals surface area contributed by atoms with E-state index >= 15 is 0 Å². The van der Waals surface area contributed by atoms with Gasteiger partial charge in [-0.2, -0.15) is 41.6 Å². The maximum Gasteiger partial charge on any atom is 0.438 e. The summed E-state index contributed by atoms with van der Waals surface area (Å²) in [6.07, 6.45) is -10.3. The van der Waals surface area contributed by atoms with Crippen molar-refractivity contribution in [3.05, 3.63) is 15.9 Å². The quantitative estimate of drug-likeness (QED) is 0.744. The lowest BCUT2D eigenvalue weighted by Gasteiger charge is -2.32. The number of carbonyl (C=O) groups is 1. The van der Waals surface area contributed by atoms with E-state index in [1.165, 1.54) is 6.92 Å². The van der Waals surface area contributed by atoms with Crippen molar-refractivity contribution in [2.45, 2.75) is 38.0 Å². The van der Waals surface area contributed by atoms with E-state index in [-0.39, 0.29) is 10.7 Å². The maximum absolute atomic E-state index is 12.9. The van der Waals surface area contributed by atoms with Crippen LogP contribution in [0.25, 0.3) is 0 Å². The van der Waals surface area contributed by atoms with E-state index < -0.39 is 47.1 Å². The van der Waals surface area contributed by atoms with Crippen LogP contribution in [0.4, 0.5) is 26.3 Å². The van der Waals surface area contributed by atoms with Gasteiger partial charge in [0.05, 0.1) is 10.2 Å². The van der Waals surface area contributed by atoms with Gasteiger partial charge in [-0.15, -0.1) is 0 Å². The fourth-order valence-corrected chi connectivity index (χ4v) is 2.50. The zero-order valence-corrected chi connectivity index (χ0v) is 13.4. The number of carbonyl (C=O) groups excluding carboxylic acids is 1. The number of hydrogen-bond donors (Lipinski definition) is 1. The molecule has 6 nitrogen and oxygen atoms in total. The molecule has 1 N–H and O–H groups in total. The minimum absolute atomic E-state index is 0.116. The molecule has 134 valence electrons. The van der Waals surface area contributed by atoms with Crippen molar-refractivity contribution in [3.63, 3.8) is 0 Å². The van der Waals surface area contributed by atoms with Crippen LogP contribution in [-0.2, 0) is 17.5 Å². The predicted molar refractivity (Wildman–Crippen MR) is 70.6 cm³/mol. The molecule has 0 saturated heterocycles. The molecule has 24 heavy (non-hydrogen) atoms. The van der Waals surface area contributed by atoms with E-state index in [0.717, 1.165) is 0 Å². The molecule has 0 radical (unpaired) electrons. The summed E-state index contributed by atoms with van der Waals surface area (Å²) in [5.41, 5.74) is -4.96. The van der Waals surface area contributed by atoms with Crippen molar-refractivity contribution in [2.24, 2.45) is 5.10 Å². The van der Waals surface area contributed by atoms with Gasteiger partial charge in [0, 0.05) is 12.6 Å². The van der Waals surface area contributed by atoms with Gasteiger partial charge in [-0.3, -0.25) is 9.48 Å². The molecule has 1 aromatic heterocycles. The van der Waals surface area contributed by atoms with Crippen molar-refractivity contribution in [1.29, 1.82) is 0 Å². The van der Waals surface area contributed by atoms with Gasteiger partial charge in [-0.25, -0.2) is 0 Å². The highest BCUT2D eigenvalue weighted by molar-refractivity contribution is 9.10. The molecule has 2 heterocycles. The molecule has 0 bridgehead atoms. The van der Waals surface area contributed by atoms with Gasteiger partial charge in [-0.05, 0) is 22.9 Å². The predicted octanol–water partition coefficient (Wildman–Crippen LogP) is 2.44. The first-order valence-electron chi connectivity index (χ1n) is 6.23. The number of nitrogens with zero attached hydrogens (tertiary/aromatic N) is 4. The lowest BCUT2D eigenvalue weighted by molar-refractivity contribution is -0.302. The van der Waals surface area contributed by atoms with Gasteiger partial charge in [0.2, 0.25) is 0 Å². The highest BCUT2D eigenvalue weighted by atomic mass is 79.9. The number of halogens is 7. The molecule has 1 aromatic rings. The van der Waals surface area contributed by atoms with Crippen LogP contribution in [0.15, 0.2) is 9.57 Å². The van der Waals surface area contributed by atoms with E-state index in [9.17, 15) is 36.2 Å². The number of hydrazone groups is 1. The Morgan fingerprint density at radius 2 is 1.96 bits per heavy atom. The first-order valence-corrected chi connectivity index (χ1v) is 7.03. The first kappa shape index (κ1) is 18.7. The first-order chi connectivity index (χ1) is 10.8. The molecule has 0 aliphatic carbocycles. The lowest BCUT2D eigenvalue weighted by atomic mass is 10.1. The van der Waals surface area contributed by atoms with Gasteiger partial charge < -0.3 is 5.11 Å². The van der Waals surface area contributed by atoms with Crippen LogP contribution in [0.1, 0.15) is 17.8 Å². The summed E-state index contributed by atoms with van der Waals surface area (Å²) in [5, 5.41) is 15.8. The Hall–Kier alpha value is -1.63. The lowest BCUT2D eigenvalue weighted by Crippen LogP contribution is -2.57. The second-order valence-electron chi connectivity index (χ2n) is 4.93. The van der Waals surface area contributed by atoms with Crippen molar-refractivity contribution >= 4 is 28.1 Å². The average Bonchev–Trinajstić information content (AvgIpc) is 2.94. The summed E-state index contributed by atoms with van der Waals surface area (Å²) in [6.45, 7) is 0.235. The maximum atomic E-state index is 12.9. The van der Waals surface area contributed by atoms with Crippen LogP contribution in [0.3, 0.4) is 0 Å². The van der Waals surface area contributed by atoms with Gasteiger partial charge in [-0.1, -0.05) is 0 Å². The van der Waals surface area contributed by atoms with Crippen LogP contribution >= 0.6 is 15.9 Å². The average molecular weight is 423 g/mol. The second-order valence-corrected chi connectivity index (χ2v) is 5.72. The SMILES string of the molecule is Cc1c(Br)c(C(F)(F)F)nn1CC(=O)N1N=CCC1(O)C(F)(F)F.